The summed E-state index contributed by atoms with van der Waals surface area (Å²) in [4.78, 5) is 22.7. The van der Waals surface area contributed by atoms with Gasteiger partial charge < -0.3 is 15.9 Å². The highest BCUT2D eigenvalue weighted by Gasteiger charge is 2.27. The molecule has 0 saturated heterocycles. The lowest BCUT2D eigenvalue weighted by molar-refractivity contribution is -0.139. The van der Waals surface area contributed by atoms with Gasteiger partial charge in [-0.15, -0.1) is 11.8 Å². The number of fused-ring (bicyclic) bond motifs is 1. The Balaban J connectivity index is 2.24. The second-order valence-electron chi connectivity index (χ2n) is 4.63. The van der Waals surface area contributed by atoms with E-state index in [1.165, 1.54) is 11.8 Å². The van der Waals surface area contributed by atoms with Crippen LogP contribution in [0.1, 0.15) is 6.42 Å². The Morgan fingerprint density at radius 1 is 1.10 bits per heavy atom. The fourth-order valence-electron chi connectivity index (χ4n) is 1.99. The van der Waals surface area contributed by atoms with Crippen LogP contribution in [0.5, 0.6) is 0 Å². The standard InChI is InChI=1S/C15H15NO4S/c16-14(15(19)20)12(8-13(17)18)21-11-6-5-9-3-1-2-4-10(9)7-11/h1-7,12,14H,8,16H2,(H,17,18)(H,19,20). The molecule has 4 N–H and O–H groups in total. The van der Waals surface area contributed by atoms with Gasteiger partial charge in [0.15, 0.2) is 0 Å². The number of nitrogens with two attached hydrogens (primary N) is 1. The normalized spacial score (nSPS) is 13.8. The van der Waals surface area contributed by atoms with E-state index in [0.717, 1.165) is 15.7 Å². The predicted molar refractivity (Wildman–Crippen MR) is 81.5 cm³/mol. The van der Waals surface area contributed by atoms with E-state index < -0.39 is 23.2 Å². The molecule has 5 nitrogen and oxygen atoms in total. The van der Waals surface area contributed by atoms with Crippen molar-refractivity contribution in [2.75, 3.05) is 0 Å². The quantitative estimate of drug-likeness (QED) is 0.707. The molecule has 2 unspecified atom stereocenters. The van der Waals surface area contributed by atoms with Crippen LogP contribution < -0.4 is 5.73 Å². The summed E-state index contributed by atoms with van der Waals surface area (Å²) >= 11 is 1.18. The third-order valence-corrected chi connectivity index (χ3v) is 4.36. The number of hydrogen-bond acceptors (Lipinski definition) is 4. The topological polar surface area (TPSA) is 101 Å². The van der Waals surface area contributed by atoms with Gasteiger partial charge in [0.2, 0.25) is 0 Å². The first kappa shape index (κ1) is 15.3. The van der Waals surface area contributed by atoms with Crippen LogP contribution >= 0.6 is 11.8 Å². The molecule has 2 rings (SSSR count). The molecule has 6 heteroatoms. The Morgan fingerprint density at radius 3 is 2.38 bits per heavy atom. The minimum Gasteiger partial charge on any atom is -0.481 e. The maximum absolute atomic E-state index is 11.0. The van der Waals surface area contributed by atoms with Crippen LogP contribution in [0.4, 0.5) is 0 Å². The molecule has 0 aliphatic rings. The molecule has 2 atom stereocenters. The number of carboxylic acid groups (broad SMARTS) is 2. The van der Waals surface area contributed by atoms with Gasteiger partial charge in [0, 0.05) is 10.1 Å². The average Bonchev–Trinajstić information content (AvgIpc) is 2.45. The van der Waals surface area contributed by atoms with Crippen molar-refractivity contribution >= 4 is 34.5 Å². The summed E-state index contributed by atoms with van der Waals surface area (Å²) in [5.74, 6) is -2.26. The van der Waals surface area contributed by atoms with E-state index in [9.17, 15) is 9.59 Å². The van der Waals surface area contributed by atoms with Crippen molar-refractivity contribution in [3.63, 3.8) is 0 Å². The van der Waals surface area contributed by atoms with Crippen molar-refractivity contribution in [3.8, 4) is 0 Å². The minimum atomic E-state index is -1.22. The third-order valence-electron chi connectivity index (χ3n) is 3.07. The van der Waals surface area contributed by atoms with Gasteiger partial charge in [-0.3, -0.25) is 9.59 Å². The van der Waals surface area contributed by atoms with Gasteiger partial charge in [-0.1, -0.05) is 30.3 Å². The maximum atomic E-state index is 11.0. The molecule has 0 bridgehead atoms. The van der Waals surface area contributed by atoms with Crippen LogP contribution in [-0.4, -0.2) is 33.4 Å². The molecule has 0 aliphatic heterocycles. The monoisotopic (exact) mass is 305 g/mol. The summed E-state index contributed by atoms with van der Waals surface area (Å²) in [6.45, 7) is 0. The van der Waals surface area contributed by atoms with Crippen LogP contribution in [0.15, 0.2) is 47.4 Å². The van der Waals surface area contributed by atoms with E-state index in [1.807, 2.05) is 42.5 Å². The zero-order chi connectivity index (χ0) is 15.4. The lowest BCUT2D eigenvalue weighted by Crippen LogP contribution is -2.41. The molecule has 0 aliphatic carbocycles. The molecule has 0 heterocycles. The zero-order valence-corrected chi connectivity index (χ0v) is 11.9. The molecule has 2 aromatic carbocycles. The molecule has 0 saturated carbocycles. The van der Waals surface area contributed by atoms with Crippen molar-refractivity contribution in [3.05, 3.63) is 42.5 Å². The Bertz CT molecular complexity index is 674. The molecule has 0 aromatic heterocycles. The number of benzene rings is 2. The lowest BCUT2D eigenvalue weighted by Gasteiger charge is -2.18. The Morgan fingerprint density at radius 2 is 1.76 bits per heavy atom. The summed E-state index contributed by atoms with van der Waals surface area (Å²) in [6, 6.07) is 12.2. The molecule has 0 spiro atoms. The van der Waals surface area contributed by atoms with Crippen LogP contribution in [-0.2, 0) is 9.59 Å². The van der Waals surface area contributed by atoms with E-state index >= 15 is 0 Å². The van der Waals surface area contributed by atoms with Crippen molar-refractivity contribution in [1.82, 2.24) is 0 Å². The lowest BCUT2D eigenvalue weighted by atomic mass is 10.1. The average molecular weight is 305 g/mol. The number of carboxylic acids is 2. The second kappa shape index (κ2) is 6.60. The van der Waals surface area contributed by atoms with E-state index in [2.05, 4.69) is 0 Å². The fraction of sp³-hybridized carbons (Fsp3) is 0.200. The highest BCUT2D eigenvalue weighted by Crippen LogP contribution is 2.30. The number of carbonyl (C=O) groups is 2. The molecule has 0 amide bonds. The first-order valence-corrected chi connectivity index (χ1v) is 7.21. The maximum Gasteiger partial charge on any atom is 0.321 e. The summed E-state index contributed by atoms with van der Waals surface area (Å²) in [5.41, 5.74) is 5.59. The van der Waals surface area contributed by atoms with E-state index in [0.29, 0.717) is 0 Å². The molecular formula is C15H15NO4S. The van der Waals surface area contributed by atoms with E-state index in [4.69, 9.17) is 15.9 Å². The van der Waals surface area contributed by atoms with Crippen molar-refractivity contribution < 1.29 is 19.8 Å². The number of hydrogen-bond donors (Lipinski definition) is 3. The SMILES string of the molecule is NC(C(=O)O)C(CC(=O)O)Sc1ccc2ccccc2c1. The fourth-order valence-corrected chi connectivity index (χ4v) is 3.17. The first-order chi connectivity index (χ1) is 9.97. The van der Waals surface area contributed by atoms with Gasteiger partial charge in [0.05, 0.1) is 6.42 Å². The highest BCUT2D eigenvalue weighted by atomic mass is 32.2. The highest BCUT2D eigenvalue weighted by molar-refractivity contribution is 8.00. The summed E-state index contributed by atoms with van der Waals surface area (Å²) in [7, 11) is 0. The molecular weight excluding hydrogens is 290 g/mol. The van der Waals surface area contributed by atoms with Crippen LogP contribution in [0.3, 0.4) is 0 Å². The van der Waals surface area contributed by atoms with Crippen LogP contribution in [0.25, 0.3) is 10.8 Å². The summed E-state index contributed by atoms with van der Waals surface area (Å²) in [6.07, 6.45) is -0.301. The second-order valence-corrected chi connectivity index (χ2v) is 5.94. The van der Waals surface area contributed by atoms with E-state index in [-0.39, 0.29) is 6.42 Å². The Kier molecular flexibility index (Phi) is 4.82. The van der Waals surface area contributed by atoms with Gasteiger partial charge in [-0.2, -0.15) is 0 Å². The summed E-state index contributed by atoms with van der Waals surface area (Å²) in [5, 5.41) is 19.2. The van der Waals surface area contributed by atoms with Gasteiger partial charge in [0.1, 0.15) is 6.04 Å². The minimum absolute atomic E-state index is 0.301. The number of aliphatic carboxylic acids is 2. The Labute approximate surface area is 125 Å². The molecule has 0 fully saturated rings. The zero-order valence-electron chi connectivity index (χ0n) is 11.1. The third kappa shape index (κ3) is 3.96. The van der Waals surface area contributed by atoms with Crippen LogP contribution in [0.2, 0.25) is 0 Å². The van der Waals surface area contributed by atoms with E-state index in [1.54, 1.807) is 0 Å². The van der Waals surface area contributed by atoms with Gasteiger partial charge in [-0.25, -0.2) is 0 Å². The largest absolute Gasteiger partial charge is 0.481 e. The van der Waals surface area contributed by atoms with Crippen molar-refractivity contribution in [1.29, 1.82) is 0 Å². The van der Waals surface area contributed by atoms with Gasteiger partial charge in [0.25, 0.3) is 0 Å². The van der Waals surface area contributed by atoms with Crippen LogP contribution in [0, 0.1) is 0 Å². The molecule has 2 aromatic rings. The van der Waals surface area contributed by atoms with Crippen molar-refractivity contribution in [2.45, 2.75) is 22.6 Å². The van der Waals surface area contributed by atoms with Gasteiger partial charge in [-0.05, 0) is 22.9 Å². The predicted octanol–water partition coefficient (Wildman–Crippen LogP) is 2.19. The first-order valence-electron chi connectivity index (χ1n) is 6.33. The molecule has 0 radical (unpaired) electrons. The molecule has 21 heavy (non-hydrogen) atoms. The smallest absolute Gasteiger partial charge is 0.321 e. The van der Waals surface area contributed by atoms with Crippen molar-refractivity contribution in [2.24, 2.45) is 5.73 Å². The molecule has 110 valence electrons. The number of thioether (sulfide) groups is 1. The van der Waals surface area contributed by atoms with Gasteiger partial charge >= 0.3 is 11.9 Å². The number of rotatable bonds is 6. The Hall–Kier alpha value is -2.05. The summed E-state index contributed by atoms with van der Waals surface area (Å²) < 4.78 is 0.